The van der Waals surface area contributed by atoms with Crippen molar-refractivity contribution in [1.29, 1.82) is 0 Å². The Morgan fingerprint density at radius 3 is 2.30 bits per heavy atom. The number of nitrogens with one attached hydrogen (secondary N) is 2. The fourth-order valence-corrected chi connectivity index (χ4v) is 5.43. The third-order valence-corrected chi connectivity index (χ3v) is 7.65. The van der Waals surface area contributed by atoms with Gasteiger partial charge < -0.3 is 24.8 Å². The number of carbonyl (C=O) groups excluding carboxylic acids is 2. The number of hydrogen-bond donors (Lipinski definition) is 4. The number of amides is 2. The molecule has 2 heterocycles. The molecule has 2 aromatic carbocycles. The third-order valence-electron chi connectivity index (χ3n) is 7.65. The van der Waals surface area contributed by atoms with Gasteiger partial charge in [-0.2, -0.15) is 0 Å². The van der Waals surface area contributed by atoms with Gasteiger partial charge in [-0.15, -0.1) is 0 Å². The van der Waals surface area contributed by atoms with E-state index in [1.165, 1.54) is 19.3 Å². The number of unbranched alkanes of at least 4 members (excludes halogenated alkanes) is 3. The SMILES string of the molecule is O=C(CCCCCCC(=O)Nc1cccc(C2OC(CN3CCCCC3)CC(c3ccc(CO)cc3)O2)c1)NO. The quantitative estimate of drug-likeness (QED) is 0.157. The maximum Gasteiger partial charge on any atom is 0.243 e. The Morgan fingerprint density at radius 2 is 1.60 bits per heavy atom. The summed E-state index contributed by atoms with van der Waals surface area (Å²) in [6.45, 7) is 3.07. The van der Waals surface area contributed by atoms with Crippen LogP contribution < -0.4 is 10.8 Å². The molecular weight excluding hydrogens is 510 g/mol. The summed E-state index contributed by atoms with van der Waals surface area (Å²) in [4.78, 5) is 26.1. The molecule has 4 rings (SSSR count). The van der Waals surface area contributed by atoms with Gasteiger partial charge in [-0.1, -0.05) is 55.7 Å². The number of ether oxygens (including phenoxy) is 2. The molecule has 3 atom stereocenters. The number of aliphatic hydroxyl groups excluding tert-OH is 1. The summed E-state index contributed by atoms with van der Waals surface area (Å²) < 4.78 is 13.0. The van der Waals surface area contributed by atoms with Crippen molar-refractivity contribution >= 4 is 17.5 Å². The maximum atomic E-state index is 12.6. The number of aliphatic hydroxyl groups is 1. The normalized spacial score (nSPS) is 21.6. The van der Waals surface area contributed by atoms with Gasteiger partial charge in [0.2, 0.25) is 11.8 Å². The Kier molecular flexibility index (Phi) is 11.9. The van der Waals surface area contributed by atoms with Gasteiger partial charge in [0.05, 0.1) is 18.8 Å². The first-order chi connectivity index (χ1) is 19.5. The minimum atomic E-state index is -0.556. The molecule has 2 fully saturated rings. The Balaban J connectivity index is 1.36. The molecular formula is C31H43N3O6. The molecule has 0 spiro atoms. The highest BCUT2D eigenvalue weighted by molar-refractivity contribution is 5.90. The van der Waals surface area contributed by atoms with Crippen LogP contribution in [0.4, 0.5) is 5.69 Å². The molecule has 2 aliphatic rings. The zero-order valence-electron chi connectivity index (χ0n) is 23.2. The number of hydroxylamine groups is 1. The standard InChI is InChI=1S/C31H43N3O6/c35-22-23-13-15-24(16-14-23)28-20-27(21-34-17-6-3-7-18-34)39-31(40-28)25-9-8-10-26(19-25)32-29(36)11-4-1-2-5-12-30(37)33-38/h8-10,13-16,19,27-28,31,35,38H,1-7,11-12,17-18,20-22H2,(H,32,36)(H,33,37). The van der Waals surface area contributed by atoms with E-state index in [-0.39, 0.29) is 37.0 Å². The minimum Gasteiger partial charge on any atom is -0.392 e. The second-order valence-corrected chi connectivity index (χ2v) is 10.8. The second kappa shape index (κ2) is 15.8. The summed E-state index contributed by atoms with van der Waals surface area (Å²) in [5, 5.41) is 21.0. The molecule has 2 aliphatic heterocycles. The monoisotopic (exact) mass is 553 g/mol. The Morgan fingerprint density at radius 1 is 0.875 bits per heavy atom. The number of hydrogen-bond acceptors (Lipinski definition) is 7. The number of piperidine rings is 1. The van der Waals surface area contributed by atoms with Crippen molar-refractivity contribution in [3.63, 3.8) is 0 Å². The number of nitrogens with zero attached hydrogens (tertiary/aromatic N) is 1. The van der Waals surface area contributed by atoms with E-state index in [1.54, 1.807) is 5.48 Å². The lowest BCUT2D eigenvalue weighted by atomic mass is 9.99. The molecule has 2 saturated heterocycles. The Bertz CT molecular complexity index is 1070. The average molecular weight is 554 g/mol. The molecule has 2 aromatic rings. The van der Waals surface area contributed by atoms with Crippen molar-refractivity contribution in [2.75, 3.05) is 25.0 Å². The highest BCUT2D eigenvalue weighted by Gasteiger charge is 2.33. The lowest BCUT2D eigenvalue weighted by Crippen LogP contribution is -2.41. The van der Waals surface area contributed by atoms with Crippen LogP contribution in [-0.4, -0.2) is 52.8 Å². The van der Waals surface area contributed by atoms with Crippen LogP contribution in [0.3, 0.4) is 0 Å². The van der Waals surface area contributed by atoms with Gasteiger partial charge in [0.25, 0.3) is 0 Å². The van der Waals surface area contributed by atoms with Gasteiger partial charge in [0.1, 0.15) is 0 Å². The first kappa shape index (κ1) is 30.1. The Hall–Kier alpha value is -2.82. The third kappa shape index (κ3) is 9.38. The van der Waals surface area contributed by atoms with Gasteiger partial charge in [0.15, 0.2) is 6.29 Å². The molecule has 0 bridgehead atoms. The zero-order chi connectivity index (χ0) is 28.2. The van der Waals surface area contributed by atoms with Crippen LogP contribution in [0, 0.1) is 0 Å². The van der Waals surface area contributed by atoms with Crippen LogP contribution in [-0.2, 0) is 25.7 Å². The number of benzene rings is 2. The van der Waals surface area contributed by atoms with E-state index in [0.29, 0.717) is 18.5 Å². The van der Waals surface area contributed by atoms with Gasteiger partial charge in [-0.05, 0) is 62.0 Å². The minimum absolute atomic E-state index is 0.0109. The smallest absolute Gasteiger partial charge is 0.243 e. The summed E-state index contributed by atoms with van der Waals surface area (Å²) in [7, 11) is 0. The van der Waals surface area contributed by atoms with E-state index in [1.807, 2.05) is 48.5 Å². The van der Waals surface area contributed by atoms with Gasteiger partial charge in [-0.25, -0.2) is 5.48 Å². The zero-order valence-corrected chi connectivity index (χ0v) is 23.2. The largest absolute Gasteiger partial charge is 0.392 e. The highest BCUT2D eigenvalue weighted by Crippen LogP contribution is 2.38. The molecule has 40 heavy (non-hydrogen) atoms. The van der Waals surface area contributed by atoms with Crippen LogP contribution in [0.25, 0.3) is 0 Å². The molecule has 9 nitrogen and oxygen atoms in total. The fourth-order valence-electron chi connectivity index (χ4n) is 5.43. The summed E-state index contributed by atoms with van der Waals surface area (Å²) >= 11 is 0. The van der Waals surface area contributed by atoms with Crippen molar-refractivity contribution in [3.8, 4) is 0 Å². The first-order valence-electron chi connectivity index (χ1n) is 14.6. The second-order valence-electron chi connectivity index (χ2n) is 10.8. The molecule has 218 valence electrons. The van der Waals surface area contributed by atoms with Crippen molar-refractivity contribution < 1.29 is 29.4 Å². The summed E-state index contributed by atoms with van der Waals surface area (Å²) in [5.74, 6) is -0.437. The van der Waals surface area contributed by atoms with Crippen molar-refractivity contribution in [1.82, 2.24) is 10.4 Å². The lowest BCUT2D eigenvalue weighted by molar-refractivity contribution is -0.253. The van der Waals surface area contributed by atoms with E-state index in [2.05, 4.69) is 10.2 Å². The first-order valence-corrected chi connectivity index (χ1v) is 14.6. The molecule has 0 saturated carbocycles. The predicted molar refractivity (Wildman–Crippen MR) is 151 cm³/mol. The van der Waals surface area contributed by atoms with Crippen LogP contribution in [0.2, 0.25) is 0 Å². The maximum absolute atomic E-state index is 12.6. The number of rotatable bonds is 13. The molecule has 0 aromatic heterocycles. The highest BCUT2D eigenvalue weighted by atomic mass is 16.7. The van der Waals surface area contributed by atoms with Crippen LogP contribution in [0.1, 0.15) is 93.3 Å². The fraction of sp³-hybridized carbons (Fsp3) is 0.548. The topological polar surface area (TPSA) is 120 Å². The molecule has 0 radical (unpaired) electrons. The van der Waals surface area contributed by atoms with Crippen LogP contribution in [0.5, 0.6) is 0 Å². The Labute approximate surface area is 236 Å². The summed E-state index contributed by atoms with van der Waals surface area (Å²) in [6.07, 6.45) is 7.58. The van der Waals surface area contributed by atoms with E-state index >= 15 is 0 Å². The van der Waals surface area contributed by atoms with Crippen molar-refractivity contribution in [3.05, 3.63) is 65.2 Å². The van der Waals surface area contributed by atoms with Gasteiger partial charge in [0, 0.05) is 37.1 Å². The molecule has 0 aliphatic carbocycles. The molecule has 4 N–H and O–H groups in total. The van der Waals surface area contributed by atoms with E-state index in [9.17, 15) is 14.7 Å². The lowest BCUT2D eigenvalue weighted by Gasteiger charge is -2.39. The van der Waals surface area contributed by atoms with E-state index < -0.39 is 6.29 Å². The van der Waals surface area contributed by atoms with Crippen LogP contribution >= 0.6 is 0 Å². The number of anilines is 1. The molecule has 9 heteroatoms. The average Bonchev–Trinajstić information content (AvgIpc) is 2.99. The summed E-state index contributed by atoms with van der Waals surface area (Å²) in [5.41, 5.74) is 5.14. The number of likely N-dealkylation sites (tertiary alicyclic amines) is 1. The van der Waals surface area contributed by atoms with Crippen molar-refractivity contribution in [2.45, 2.75) is 89.3 Å². The number of carbonyl (C=O) groups is 2. The van der Waals surface area contributed by atoms with Gasteiger partial charge >= 0.3 is 0 Å². The molecule has 3 unspecified atom stereocenters. The van der Waals surface area contributed by atoms with E-state index in [0.717, 1.165) is 62.0 Å². The van der Waals surface area contributed by atoms with Gasteiger partial charge in [-0.3, -0.25) is 14.8 Å². The van der Waals surface area contributed by atoms with Crippen molar-refractivity contribution in [2.24, 2.45) is 0 Å². The predicted octanol–water partition coefficient (Wildman–Crippen LogP) is 4.99. The summed E-state index contributed by atoms with van der Waals surface area (Å²) in [6, 6.07) is 15.6. The molecule has 2 amide bonds. The van der Waals surface area contributed by atoms with E-state index in [4.69, 9.17) is 14.7 Å². The van der Waals surface area contributed by atoms with Crippen LogP contribution in [0.15, 0.2) is 48.5 Å².